The summed E-state index contributed by atoms with van der Waals surface area (Å²) in [6.45, 7) is 2.23. The van der Waals surface area contributed by atoms with Gasteiger partial charge in [-0.25, -0.2) is 4.79 Å². The highest BCUT2D eigenvalue weighted by atomic mass is 16.4. The summed E-state index contributed by atoms with van der Waals surface area (Å²) in [5.74, 6) is -0.659. The number of nitroso groups, excluding NO2 is 1. The van der Waals surface area contributed by atoms with E-state index in [9.17, 15) is 14.5 Å². The number of carboxylic acids is 1. The molecule has 2 amide bonds. The average Bonchev–Trinajstić information content (AvgIpc) is 2.45. The van der Waals surface area contributed by atoms with Crippen LogP contribution in [0.3, 0.4) is 0 Å². The molecule has 0 aliphatic rings. The average molecular weight is 303 g/mol. The lowest BCUT2D eigenvalue weighted by molar-refractivity contribution is -0.137. The first-order valence-corrected chi connectivity index (χ1v) is 7.53. The third kappa shape index (κ3) is 20.8. The van der Waals surface area contributed by atoms with Crippen LogP contribution in [-0.4, -0.2) is 29.2 Å². The van der Waals surface area contributed by atoms with Gasteiger partial charge in [0, 0.05) is 13.5 Å². The third-order valence-corrected chi connectivity index (χ3v) is 2.94. The van der Waals surface area contributed by atoms with Crippen LogP contribution in [0.15, 0.2) is 5.29 Å². The van der Waals surface area contributed by atoms with Crippen molar-refractivity contribution in [3.63, 3.8) is 0 Å². The fourth-order valence-electron chi connectivity index (χ4n) is 1.63. The molecule has 0 saturated carbocycles. The number of unbranched alkanes of at least 4 members (excludes halogenated alkanes) is 8. The van der Waals surface area contributed by atoms with E-state index in [2.05, 4.69) is 17.9 Å². The Morgan fingerprint density at radius 2 is 1.43 bits per heavy atom. The lowest BCUT2D eigenvalue weighted by Gasteiger charge is -2.00. The third-order valence-electron chi connectivity index (χ3n) is 2.94. The number of carboxylic acid groups (broad SMARTS) is 1. The summed E-state index contributed by atoms with van der Waals surface area (Å²) in [4.78, 5) is 29.3. The van der Waals surface area contributed by atoms with Gasteiger partial charge in [0.25, 0.3) is 0 Å². The Balaban J connectivity index is 0. The Bertz CT molecular complexity index is 285. The minimum Gasteiger partial charge on any atom is -0.481 e. The largest absolute Gasteiger partial charge is 0.481 e. The van der Waals surface area contributed by atoms with Gasteiger partial charge in [0.15, 0.2) is 0 Å². The minimum atomic E-state index is -0.852. The van der Waals surface area contributed by atoms with Crippen molar-refractivity contribution < 1.29 is 14.7 Å². The molecule has 21 heavy (non-hydrogen) atoms. The number of primary amides is 1. The van der Waals surface area contributed by atoms with Gasteiger partial charge in [-0.2, -0.15) is 5.01 Å². The van der Waals surface area contributed by atoms with Crippen molar-refractivity contribution in [2.75, 3.05) is 7.05 Å². The normalized spacial score (nSPS) is 9.43. The van der Waals surface area contributed by atoms with Crippen molar-refractivity contribution in [1.82, 2.24) is 5.01 Å². The summed E-state index contributed by atoms with van der Waals surface area (Å²) >= 11 is 0. The molecule has 0 radical (unpaired) electrons. The lowest BCUT2D eigenvalue weighted by Crippen LogP contribution is -2.26. The zero-order chi connectivity index (χ0) is 16.5. The number of nitrogens with zero attached hydrogens (tertiary/aromatic N) is 2. The number of urea groups is 1. The van der Waals surface area contributed by atoms with Gasteiger partial charge in [0.05, 0.1) is 5.29 Å². The summed E-state index contributed by atoms with van der Waals surface area (Å²) in [5, 5.41) is 11.1. The number of aliphatic carboxylic acids is 1. The number of carbonyl (C=O) groups is 2. The van der Waals surface area contributed by atoms with E-state index in [0.717, 1.165) is 12.8 Å². The molecule has 0 aromatic carbocycles. The summed E-state index contributed by atoms with van der Waals surface area (Å²) in [7, 11) is 1.18. The quantitative estimate of drug-likeness (QED) is 0.344. The van der Waals surface area contributed by atoms with Crippen LogP contribution in [0.1, 0.15) is 71.1 Å². The van der Waals surface area contributed by atoms with Gasteiger partial charge in [-0.05, 0) is 6.42 Å². The number of hydrogen-bond acceptors (Lipinski definition) is 4. The Morgan fingerprint density at radius 1 is 1.00 bits per heavy atom. The van der Waals surface area contributed by atoms with E-state index in [-0.39, 0.29) is 0 Å². The molecule has 0 aliphatic heterocycles. The summed E-state index contributed by atoms with van der Waals surface area (Å²) < 4.78 is 0. The van der Waals surface area contributed by atoms with E-state index in [0.29, 0.717) is 11.4 Å². The zero-order valence-corrected chi connectivity index (χ0v) is 13.2. The van der Waals surface area contributed by atoms with Crippen molar-refractivity contribution in [1.29, 1.82) is 0 Å². The van der Waals surface area contributed by atoms with Gasteiger partial charge in [-0.1, -0.05) is 58.3 Å². The molecule has 0 saturated heterocycles. The smallest absolute Gasteiger partial charge is 0.337 e. The molecule has 0 rings (SSSR count). The Kier molecular flexibility index (Phi) is 16.9. The van der Waals surface area contributed by atoms with E-state index in [1.165, 1.54) is 52.0 Å². The molecule has 7 heteroatoms. The molecule has 0 heterocycles. The molecular formula is C14H29N3O4. The van der Waals surface area contributed by atoms with Gasteiger partial charge in [0.2, 0.25) is 0 Å². The molecule has 3 N–H and O–H groups in total. The van der Waals surface area contributed by atoms with Crippen molar-refractivity contribution in [3.8, 4) is 0 Å². The first-order chi connectivity index (χ1) is 9.95. The van der Waals surface area contributed by atoms with E-state index >= 15 is 0 Å². The molecule has 0 atom stereocenters. The van der Waals surface area contributed by atoms with Crippen molar-refractivity contribution in [3.05, 3.63) is 4.91 Å². The van der Waals surface area contributed by atoms with Crippen LogP contribution in [0.4, 0.5) is 4.79 Å². The Labute approximate surface area is 126 Å². The molecule has 0 aromatic heterocycles. The number of hydrogen-bond donors (Lipinski definition) is 2. The number of amides is 2. The van der Waals surface area contributed by atoms with Crippen LogP contribution < -0.4 is 5.73 Å². The van der Waals surface area contributed by atoms with Crippen molar-refractivity contribution >= 4 is 12.0 Å². The second kappa shape index (κ2) is 16.4. The standard InChI is InChI=1S/C12H24O2.C2H5N3O2/c1-2-3-4-5-6-7-8-9-10-11-12(13)14;1-5(4-7)2(3)6/h2-11H2,1H3,(H,13,14);1H3,(H2,3,6). The van der Waals surface area contributed by atoms with Gasteiger partial charge in [0.1, 0.15) is 0 Å². The molecule has 0 spiro atoms. The van der Waals surface area contributed by atoms with Crippen molar-refractivity contribution in [2.24, 2.45) is 11.0 Å². The maximum Gasteiger partial charge on any atom is 0.337 e. The fourth-order valence-corrected chi connectivity index (χ4v) is 1.63. The first kappa shape index (κ1) is 21.6. The van der Waals surface area contributed by atoms with Crippen LogP contribution in [0.5, 0.6) is 0 Å². The minimum absolute atomic E-state index is 0.343. The predicted octanol–water partition coefficient (Wildman–Crippen LogP) is 3.67. The highest BCUT2D eigenvalue weighted by Gasteiger charge is 1.97. The molecule has 0 bridgehead atoms. The van der Waals surface area contributed by atoms with Gasteiger partial charge >= 0.3 is 12.0 Å². The highest BCUT2D eigenvalue weighted by Crippen LogP contribution is 2.10. The van der Waals surface area contributed by atoms with Crippen LogP contribution in [0.25, 0.3) is 0 Å². The van der Waals surface area contributed by atoms with Crippen molar-refractivity contribution in [2.45, 2.75) is 71.1 Å². The molecule has 0 unspecified atom stereocenters. The second-order valence-corrected chi connectivity index (χ2v) is 4.92. The fraction of sp³-hybridized carbons (Fsp3) is 0.857. The first-order valence-electron chi connectivity index (χ1n) is 7.53. The van der Waals surface area contributed by atoms with Gasteiger partial charge in [-0.3, -0.25) is 4.79 Å². The van der Waals surface area contributed by atoms with E-state index in [1.54, 1.807) is 0 Å². The zero-order valence-electron chi connectivity index (χ0n) is 13.2. The maximum atomic E-state index is 10.2. The van der Waals surface area contributed by atoms with Crippen LogP contribution >= 0.6 is 0 Å². The van der Waals surface area contributed by atoms with Crippen LogP contribution in [-0.2, 0) is 4.79 Å². The molecule has 124 valence electrons. The summed E-state index contributed by atoms with van der Waals surface area (Å²) in [6, 6.07) is -0.852. The maximum absolute atomic E-state index is 10.2. The predicted molar refractivity (Wildman–Crippen MR) is 82.6 cm³/mol. The number of carbonyl (C=O) groups excluding carboxylic acids is 1. The highest BCUT2D eigenvalue weighted by molar-refractivity contribution is 5.71. The number of rotatable bonds is 11. The molecule has 0 aliphatic carbocycles. The summed E-state index contributed by atoms with van der Waals surface area (Å²) in [6.07, 6.45) is 11.5. The van der Waals surface area contributed by atoms with E-state index in [1.807, 2.05) is 0 Å². The van der Waals surface area contributed by atoms with Gasteiger partial charge in [-0.15, -0.1) is 4.91 Å². The van der Waals surface area contributed by atoms with Crippen LogP contribution in [0.2, 0.25) is 0 Å². The lowest BCUT2D eigenvalue weighted by atomic mass is 10.1. The Morgan fingerprint density at radius 3 is 1.71 bits per heavy atom. The SMILES string of the molecule is CCCCCCCCCCCC(=O)O.CN(N=O)C(N)=O. The Hall–Kier alpha value is -1.66. The van der Waals surface area contributed by atoms with E-state index in [4.69, 9.17) is 5.11 Å². The van der Waals surface area contributed by atoms with E-state index < -0.39 is 12.0 Å². The molecule has 7 nitrogen and oxygen atoms in total. The number of nitrogens with two attached hydrogens (primary N) is 1. The van der Waals surface area contributed by atoms with Gasteiger partial charge < -0.3 is 10.8 Å². The molecule has 0 aromatic rings. The van der Waals surface area contributed by atoms with Crippen LogP contribution in [0, 0.1) is 4.91 Å². The monoisotopic (exact) mass is 303 g/mol. The molecular weight excluding hydrogens is 274 g/mol. The summed E-state index contributed by atoms with van der Waals surface area (Å²) in [5.41, 5.74) is 4.54. The topological polar surface area (TPSA) is 113 Å². The molecule has 0 fully saturated rings. The second-order valence-electron chi connectivity index (χ2n) is 4.92.